The summed E-state index contributed by atoms with van der Waals surface area (Å²) in [4.78, 5) is 0. The third-order valence-electron chi connectivity index (χ3n) is 1.94. The maximum Gasteiger partial charge on any atom is 0.0735 e. The summed E-state index contributed by atoms with van der Waals surface area (Å²) in [6, 6.07) is 0. The summed E-state index contributed by atoms with van der Waals surface area (Å²) in [5.74, 6) is 0.283. The standard InChI is InChI=1S/C9H19NOS/c1-9(6-4-5-7-10)12(2,3)8-11/h4-7,9,11H,8,10H2,1-3H3/b6-4-,7-5-. The van der Waals surface area contributed by atoms with Crippen LogP contribution in [0.4, 0.5) is 0 Å². The Kier molecular flexibility index (Phi) is 5.09. The van der Waals surface area contributed by atoms with Gasteiger partial charge in [0.25, 0.3) is 0 Å². The Hall–Kier alpha value is -0.410. The van der Waals surface area contributed by atoms with Gasteiger partial charge >= 0.3 is 0 Å². The van der Waals surface area contributed by atoms with E-state index >= 15 is 0 Å². The molecule has 1 atom stereocenters. The molecule has 3 N–H and O–H groups in total. The minimum atomic E-state index is -0.885. The topological polar surface area (TPSA) is 46.2 Å². The van der Waals surface area contributed by atoms with Gasteiger partial charge in [-0.1, -0.05) is 19.1 Å². The van der Waals surface area contributed by atoms with E-state index < -0.39 is 10.0 Å². The number of nitrogens with two attached hydrogens (primary N) is 1. The van der Waals surface area contributed by atoms with Crippen molar-refractivity contribution in [2.75, 3.05) is 18.5 Å². The highest BCUT2D eigenvalue weighted by molar-refractivity contribution is 8.33. The second-order valence-electron chi connectivity index (χ2n) is 3.23. The van der Waals surface area contributed by atoms with Crippen LogP contribution in [0.2, 0.25) is 0 Å². The van der Waals surface area contributed by atoms with Gasteiger partial charge in [0, 0.05) is 5.25 Å². The molecule has 0 amide bonds. The van der Waals surface area contributed by atoms with Crippen LogP contribution in [0.25, 0.3) is 0 Å². The fraction of sp³-hybridized carbons (Fsp3) is 0.556. The number of allylic oxidation sites excluding steroid dienone is 2. The van der Waals surface area contributed by atoms with Crippen molar-refractivity contribution in [3.05, 3.63) is 24.4 Å². The quantitative estimate of drug-likeness (QED) is 0.657. The molecule has 0 aromatic carbocycles. The Labute approximate surface area is 76.5 Å². The Balaban J connectivity index is 4.11. The van der Waals surface area contributed by atoms with E-state index in [2.05, 4.69) is 25.5 Å². The van der Waals surface area contributed by atoms with Gasteiger partial charge in [0.2, 0.25) is 0 Å². The van der Waals surface area contributed by atoms with Crippen molar-refractivity contribution in [2.45, 2.75) is 12.2 Å². The predicted molar refractivity (Wildman–Crippen MR) is 58.5 cm³/mol. The van der Waals surface area contributed by atoms with Crippen LogP contribution in [0.5, 0.6) is 0 Å². The van der Waals surface area contributed by atoms with Crippen molar-refractivity contribution in [1.82, 2.24) is 0 Å². The summed E-state index contributed by atoms with van der Waals surface area (Å²) < 4.78 is 0. The molecule has 3 heteroatoms. The van der Waals surface area contributed by atoms with E-state index in [1.54, 1.807) is 6.08 Å². The smallest absolute Gasteiger partial charge is 0.0735 e. The fourth-order valence-corrected chi connectivity index (χ4v) is 1.37. The second-order valence-corrected chi connectivity index (χ2v) is 7.48. The molecule has 0 radical (unpaired) electrons. The first-order chi connectivity index (χ1) is 5.54. The van der Waals surface area contributed by atoms with Crippen LogP contribution in [-0.4, -0.2) is 28.8 Å². The van der Waals surface area contributed by atoms with Crippen LogP contribution in [0.3, 0.4) is 0 Å². The highest BCUT2D eigenvalue weighted by Crippen LogP contribution is 2.44. The molecular weight excluding hydrogens is 170 g/mol. The summed E-state index contributed by atoms with van der Waals surface area (Å²) in [6.07, 6.45) is 11.5. The zero-order valence-electron chi connectivity index (χ0n) is 8.03. The van der Waals surface area contributed by atoms with E-state index in [0.717, 1.165) is 0 Å². The summed E-state index contributed by atoms with van der Waals surface area (Å²) in [7, 11) is -0.885. The maximum atomic E-state index is 9.08. The van der Waals surface area contributed by atoms with Gasteiger partial charge in [-0.2, -0.15) is 0 Å². The lowest BCUT2D eigenvalue weighted by Gasteiger charge is -2.33. The highest BCUT2D eigenvalue weighted by atomic mass is 32.3. The lowest BCUT2D eigenvalue weighted by molar-refractivity contribution is 0.371. The third-order valence-corrected chi connectivity index (χ3v) is 4.78. The van der Waals surface area contributed by atoms with Gasteiger partial charge in [-0.25, -0.2) is 10.0 Å². The number of aliphatic hydroxyl groups is 1. The van der Waals surface area contributed by atoms with Crippen LogP contribution in [0.15, 0.2) is 24.4 Å². The fourth-order valence-electron chi connectivity index (χ4n) is 0.615. The monoisotopic (exact) mass is 189 g/mol. The summed E-state index contributed by atoms with van der Waals surface area (Å²) in [6.45, 7) is 2.12. The molecule has 0 aliphatic rings. The number of hydrogen-bond acceptors (Lipinski definition) is 2. The molecular formula is C9H19NOS. The largest absolute Gasteiger partial charge is 0.405 e. The summed E-state index contributed by atoms with van der Waals surface area (Å²) in [5.41, 5.74) is 5.18. The van der Waals surface area contributed by atoms with Gasteiger partial charge in [-0.15, -0.1) is 0 Å². The molecule has 1 unspecified atom stereocenters. The van der Waals surface area contributed by atoms with Gasteiger partial charge in [0.15, 0.2) is 0 Å². The SMILES string of the molecule is CC(/C=C\C=C/N)S(C)(C)CO. The van der Waals surface area contributed by atoms with E-state index in [1.807, 2.05) is 6.08 Å². The molecule has 0 saturated carbocycles. The van der Waals surface area contributed by atoms with E-state index in [0.29, 0.717) is 5.25 Å². The zero-order valence-corrected chi connectivity index (χ0v) is 8.84. The molecule has 0 rings (SSSR count). The number of hydrogen-bond donors (Lipinski definition) is 2. The average molecular weight is 189 g/mol. The molecule has 0 spiro atoms. The highest BCUT2D eigenvalue weighted by Gasteiger charge is 2.15. The Morgan fingerprint density at radius 2 is 2.00 bits per heavy atom. The van der Waals surface area contributed by atoms with Gasteiger partial charge in [0.1, 0.15) is 0 Å². The molecule has 0 aliphatic carbocycles. The average Bonchev–Trinajstić information content (AvgIpc) is 2.05. The molecule has 2 nitrogen and oxygen atoms in total. The van der Waals surface area contributed by atoms with Crippen molar-refractivity contribution in [1.29, 1.82) is 0 Å². The summed E-state index contributed by atoms with van der Waals surface area (Å²) >= 11 is 0. The lowest BCUT2D eigenvalue weighted by atomic mass is 10.4. The van der Waals surface area contributed by atoms with Crippen LogP contribution in [0.1, 0.15) is 6.92 Å². The summed E-state index contributed by atoms with van der Waals surface area (Å²) in [5, 5.41) is 9.51. The minimum absolute atomic E-state index is 0.283. The Morgan fingerprint density at radius 1 is 1.42 bits per heavy atom. The molecule has 0 fully saturated rings. The van der Waals surface area contributed by atoms with Gasteiger partial charge in [0.05, 0.1) is 5.94 Å². The molecule has 0 aromatic rings. The maximum absolute atomic E-state index is 9.08. The van der Waals surface area contributed by atoms with Crippen LogP contribution in [0, 0.1) is 0 Å². The van der Waals surface area contributed by atoms with Crippen molar-refractivity contribution in [2.24, 2.45) is 5.73 Å². The molecule has 0 aliphatic heterocycles. The van der Waals surface area contributed by atoms with Gasteiger partial charge in [-0.05, 0) is 24.8 Å². The second kappa shape index (κ2) is 5.27. The minimum Gasteiger partial charge on any atom is -0.405 e. The van der Waals surface area contributed by atoms with E-state index in [9.17, 15) is 0 Å². The predicted octanol–water partition coefficient (Wildman–Crippen LogP) is 1.42. The molecule has 72 valence electrons. The first kappa shape index (κ1) is 11.6. The van der Waals surface area contributed by atoms with E-state index in [4.69, 9.17) is 10.8 Å². The van der Waals surface area contributed by atoms with Gasteiger partial charge in [-0.3, -0.25) is 0 Å². The van der Waals surface area contributed by atoms with Gasteiger partial charge < -0.3 is 10.8 Å². The van der Waals surface area contributed by atoms with Crippen LogP contribution < -0.4 is 5.73 Å². The Morgan fingerprint density at radius 3 is 2.42 bits per heavy atom. The normalized spacial score (nSPS) is 17.3. The van der Waals surface area contributed by atoms with Crippen LogP contribution >= 0.6 is 10.0 Å². The number of rotatable bonds is 4. The molecule has 12 heavy (non-hydrogen) atoms. The van der Waals surface area contributed by atoms with Crippen molar-refractivity contribution in [3.63, 3.8) is 0 Å². The number of aliphatic hydroxyl groups excluding tert-OH is 1. The van der Waals surface area contributed by atoms with Crippen molar-refractivity contribution in [3.8, 4) is 0 Å². The Bertz CT molecular complexity index is 175. The third kappa shape index (κ3) is 3.83. The van der Waals surface area contributed by atoms with Crippen molar-refractivity contribution < 1.29 is 5.11 Å². The zero-order chi connectivity index (χ0) is 9.61. The van der Waals surface area contributed by atoms with Crippen molar-refractivity contribution >= 4 is 10.0 Å². The van der Waals surface area contributed by atoms with E-state index in [-0.39, 0.29) is 5.94 Å². The molecule has 0 bridgehead atoms. The molecule has 0 aromatic heterocycles. The lowest BCUT2D eigenvalue weighted by Crippen LogP contribution is -2.13. The molecule has 0 heterocycles. The molecule has 0 saturated heterocycles. The first-order valence-corrected chi connectivity index (χ1v) is 6.58. The first-order valence-electron chi connectivity index (χ1n) is 3.90. The van der Waals surface area contributed by atoms with Crippen LogP contribution in [-0.2, 0) is 0 Å². The van der Waals surface area contributed by atoms with E-state index in [1.165, 1.54) is 6.20 Å².